The number of rotatable bonds is 3. The van der Waals surface area contributed by atoms with Gasteiger partial charge in [-0.25, -0.2) is 10.4 Å². The number of hydrogen-bond donors (Lipinski definition) is 1. The number of nitrogens with zero attached hydrogens (tertiary/aromatic N) is 3. The topological polar surface area (TPSA) is 67.2 Å². The van der Waals surface area contributed by atoms with Crippen LogP contribution in [0.25, 0.3) is 0 Å². The minimum Gasteiger partial charge on any atom is -0.265 e. The lowest BCUT2D eigenvalue weighted by molar-refractivity contribution is 0.0949. The van der Waals surface area contributed by atoms with Gasteiger partial charge in [-0.15, -0.1) is 0 Å². The molecule has 0 radical (unpaired) electrons. The normalized spacial score (nSPS) is 11.2. The summed E-state index contributed by atoms with van der Waals surface area (Å²) in [6.07, 6.45) is 4.35. The molecule has 0 aliphatic heterocycles. The van der Waals surface area contributed by atoms with Crippen LogP contribution >= 0.6 is 15.9 Å². The Hall–Kier alpha value is -2.08. The van der Waals surface area contributed by atoms with E-state index in [0.717, 1.165) is 10.0 Å². The van der Waals surface area contributed by atoms with Crippen molar-refractivity contribution in [1.82, 2.24) is 15.4 Å². The summed E-state index contributed by atoms with van der Waals surface area (Å²) >= 11 is 3.36. The Labute approximate surface area is 118 Å². The van der Waals surface area contributed by atoms with E-state index in [1.54, 1.807) is 0 Å². The third-order valence-electron chi connectivity index (χ3n) is 2.38. The zero-order valence-corrected chi connectivity index (χ0v) is 11.8. The zero-order chi connectivity index (χ0) is 13.7. The fraction of sp³-hybridized carbons (Fsp3) is 0.0769. The monoisotopic (exact) mass is 318 g/mol. The van der Waals surface area contributed by atoms with Gasteiger partial charge < -0.3 is 0 Å². The average molecular weight is 319 g/mol. The summed E-state index contributed by atoms with van der Waals surface area (Å²) in [6.45, 7) is 1.82. The van der Waals surface area contributed by atoms with Crippen molar-refractivity contribution in [2.24, 2.45) is 5.10 Å². The Balaban J connectivity index is 2.06. The molecule has 96 valence electrons. The highest BCUT2D eigenvalue weighted by atomic mass is 79.9. The number of hydrogen-bond acceptors (Lipinski definition) is 4. The number of nitrogens with one attached hydrogen (secondary N) is 1. The van der Waals surface area contributed by atoms with Crippen molar-refractivity contribution >= 4 is 27.5 Å². The number of aromatic nitrogens is 2. The van der Waals surface area contributed by atoms with E-state index >= 15 is 0 Å². The first-order valence-electron chi connectivity index (χ1n) is 5.53. The van der Waals surface area contributed by atoms with Crippen LogP contribution < -0.4 is 5.43 Å². The van der Waals surface area contributed by atoms with Crippen LogP contribution in [0.4, 0.5) is 0 Å². The maximum absolute atomic E-state index is 11.7. The van der Waals surface area contributed by atoms with Crippen LogP contribution in [0.15, 0.2) is 52.4 Å². The molecule has 0 fully saturated rings. The first kappa shape index (κ1) is 13.4. The summed E-state index contributed by atoms with van der Waals surface area (Å²) in [5, 5.41) is 4.03. The minimum absolute atomic E-state index is 0.231. The largest absolute Gasteiger partial charge is 0.291 e. The number of halogens is 1. The summed E-state index contributed by atoms with van der Waals surface area (Å²) in [4.78, 5) is 19.4. The van der Waals surface area contributed by atoms with Gasteiger partial charge in [-0.1, -0.05) is 28.1 Å². The van der Waals surface area contributed by atoms with Gasteiger partial charge in [0.25, 0.3) is 5.91 Å². The first-order chi connectivity index (χ1) is 9.16. The van der Waals surface area contributed by atoms with Gasteiger partial charge in [-0.2, -0.15) is 5.10 Å². The van der Waals surface area contributed by atoms with Crippen LogP contribution in [0.1, 0.15) is 23.0 Å². The lowest BCUT2D eigenvalue weighted by Gasteiger charge is -2.02. The zero-order valence-electron chi connectivity index (χ0n) is 10.2. The molecule has 0 saturated carbocycles. The lowest BCUT2D eigenvalue weighted by atomic mass is 10.1. The molecule has 1 amide bonds. The molecule has 0 spiro atoms. The van der Waals surface area contributed by atoms with Crippen LogP contribution in [0.2, 0.25) is 0 Å². The minimum atomic E-state index is -0.385. The van der Waals surface area contributed by atoms with E-state index in [9.17, 15) is 4.79 Å². The van der Waals surface area contributed by atoms with Crippen molar-refractivity contribution in [2.45, 2.75) is 6.92 Å². The molecule has 0 bridgehead atoms. The summed E-state index contributed by atoms with van der Waals surface area (Å²) in [5.41, 5.74) is 4.32. The number of carbonyl (C=O) groups excluding carboxylic acids is 1. The van der Waals surface area contributed by atoms with E-state index in [2.05, 4.69) is 36.4 Å². The molecule has 2 rings (SSSR count). The summed E-state index contributed by atoms with van der Waals surface area (Å²) in [6, 6.07) is 7.66. The Morgan fingerprint density at radius 2 is 2.00 bits per heavy atom. The van der Waals surface area contributed by atoms with Gasteiger partial charge in [0.05, 0.1) is 11.9 Å². The van der Waals surface area contributed by atoms with Crippen molar-refractivity contribution in [2.75, 3.05) is 0 Å². The van der Waals surface area contributed by atoms with Crippen molar-refractivity contribution in [3.8, 4) is 0 Å². The third-order valence-corrected chi connectivity index (χ3v) is 2.91. The predicted octanol–water partition coefficient (Wildman–Crippen LogP) is 2.39. The van der Waals surface area contributed by atoms with Crippen LogP contribution in [0.3, 0.4) is 0 Å². The SMILES string of the molecule is C/C(=N/NC(=O)c1cnccn1)c1ccc(Br)cc1. The van der Waals surface area contributed by atoms with Gasteiger partial charge in [0.2, 0.25) is 0 Å². The average Bonchev–Trinajstić information content (AvgIpc) is 2.46. The van der Waals surface area contributed by atoms with Crippen molar-refractivity contribution < 1.29 is 4.79 Å². The van der Waals surface area contributed by atoms with E-state index in [4.69, 9.17) is 0 Å². The Morgan fingerprint density at radius 3 is 2.63 bits per heavy atom. The molecule has 0 aliphatic rings. The van der Waals surface area contributed by atoms with Crippen molar-refractivity contribution in [3.05, 3.63) is 58.6 Å². The quantitative estimate of drug-likeness (QED) is 0.698. The number of amides is 1. The molecule has 5 nitrogen and oxygen atoms in total. The number of benzene rings is 1. The molecule has 1 aromatic heterocycles. The van der Waals surface area contributed by atoms with Crippen LogP contribution in [-0.4, -0.2) is 21.6 Å². The van der Waals surface area contributed by atoms with Crippen molar-refractivity contribution in [1.29, 1.82) is 0 Å². The molecule has 1 N–H and O–H groups in total. The molecular formula is C13H11BrN4O. The fourth-order valence-corrected chi connectivity index (χ4v) is 1.63. The standard InChI is InChI=1S/C13H11BrN4O/c1-9(10-2-4-11(14)5-3-10)17-18-13(19)12-8-15-6-7-16-12/h2-8H,1H3,(H,18,19)/b17-9-. The molecule has 1 aromatic carbocycles. The Kier molecular flexibility index (Phi) is 4.35. The maximum Gasteiger partial charge on any atom is 0.291 e. The molecular weight excluding hydrogens is 308 g/mol. The first-order valence-corrected chi connectivity index (χ1v) is 6.32. The second kappa shape index (κ2) is 6.19. The molecule has 19 heavy (non-hydrogen) atoms. The highest BCUT2D eigenvalue weighted by Gasteiger charge is 2.05. The van der Waals surface area contributed by atoms with Crippen molar-refractivity contribution in [3.63, 3.8) is 0 Å². The van der Waals surface area contributed by atoms with Gasteiger partial charge >= 0.3 is 0 Å². The predicted molar refractivity (Wildman–Crippen MR) is 75.9 cm³/mol. The Morgan fingerprint density at radius 1 is 1.26 bits per heavy atom. The molecule has 0 atom stereocenters. The second-order valence-corrected chi connectivity index (χ2v) is 4.65. The van der Waals surface area contributed by atoms with Gasteiger partial charge in [-0.3, -0.25) is 9.78 Å². The van der Waals surface area contributed by atoms with Gasteiger partial charge in [0, 0.05) is 16.9 Å². The lowest BCUT2D eigenvalue weighted by Crippen LogP contribution is -2.20. The highest BCUT2D eigenvalue weighted by molar-refractivity contribution is 9.10. The summed E-state index contributed by atoms with van der Waals surface area (Å²) in [5.74, 6) is -0.385. The van der Waals surface area contributed by atoms with Gasteiger partial charge in [-0.05, 0) is 24.6 Å². The van der Waals surface area contributed by atoms with Gasteiger partial charge in [0.15, 0.2) is 0 Å². The highest BCUT2D eigenvalue weighted by Crippen LogP contribution is 2.11. The second-order valence-electron chi connectivity index (χ2n) is 3.74. The number of carbonyl (C=O) groups is 1. The molecule has 0 unspecified atom stereocenters. The summed E-state index contributed by atoms with van der Waals surface area (Å²) in [7, 11) is 0. The molecule has 2 aromatic rings. The van der Waals surface area contributed by atoms with Gasteiger partial charge in [0.1, 0.15) is 5.69 Å². The summed E-state index contributed by atoms with van der Waals surface area (Å²) < 4.78 is 0.993. The smallest absolute Gasteiger partial charge is 0.265 e. The van der Waals surface area contributed by atoms with E-state index in [1.807, 2.05) is 31.2 Å². The van der Waals surface area contributed by atoms with E-state index in [1.165, 1.54) is 18.6 Å². The maximum atomic E-state index is 11.7. The van der Waals surface area contributed by atoms with E-state index in [-0.39, 0.29) is 11.6 Å². The van der Waals surface area contributed by atoms with Crippen LogP contribution in [0, 0.1) is 0 Å². The van der Waals surface area contributed by atoms with E-state index < -0.39 is 0 Å². The fourth-order valence-electron chi connectivity index (χ4n) is 1.36. The third kappa shape index (κ3) is 3.69. The molecule has 0 saturated heterocycles. The van der Waals surface area contributed by atoms with Crippen LogP contribution in [0.5, 0.6) is 0 Å². The van der Waals surface area contributed by atoms with Crippen LogP contribution in [-0.2, 0) is 0 Å². The molecule has 0 aliphatic carbocycles. The molecule has 6 heteroatoms. The Bertz CT molecular complexity index is 596. The number of hydrazone groups is 1. The van der Waals surface area contributed by atoms with E-state index in [0.29, 0.717) is 5.71 Å². The molecule has 1 heterocycles.